The van der Waals surface area contributed by atoms with Gasteiger partial charge in [0.2, 0.25) is 0 Å². The fourth-order valence-electron chi connectivity index (χ4n) is 2.34. The van der Waals surface area contributed by atoms with Crippen molar-refractivity contribution in [2.24, 2.45) is 5.73 Å². The molecule has 1 unspecified atom stereocenters. The van der Waals surface area contributed by atoms with E-state index in [0.29, 0.717) is 6.54 Å². The maximum absolute atomic E-state index is 11.1. The molecule has 0 aliphatic carbocycles. The molecule has 1 aromatic heterocycles. The molecule has 2 aromatic carbocycles. The van der Waals surface area contributed by atoms with Gasteiger partial charge in [-0.15, -0.1) is 0 Å². The van der Waals surface area contributed by atoms with Gasteiger partial charge in [0.1, 0.15) is 0 Å². The van der Waals surface area contributed by atoms with Gasteiger partial charge in [0.25, 0.3) is 0 Å². The van der Waals surface area contributed by atoms with Crippen LogP contribution in [0, 0.1) is 0 Å². The van der Waals surface area contributed by atoms with Crippen molar-refractivity contribution in [3.63, 3.8) is 0 Å². The maximum atomic E-state index is 11.1. The van der Waals surface area contributed by atoms with Gasteiger partial charge in [0.05, 0.1) is 0 Å². The Labute approximate surface area is 117 Å². The van der Waals surface area contributed by atoms with Crippen molar-refractivity contribution in [1.82, 2.24) is 4.57 Å². The van der Waals surface area contributed by atoms with Crippen LogP contribution in [0.1, 0.15) is 11.6 Å². The SMILES string of the molecule is NC(Cn1ccc(=O)cc1)c1ccc2ccccc2c1. The monoisotopic (exact) mass is 264 g/mol. The van der Waals surface area contributed by atoms with E-state index >= 15 is 0 Å². The van der Waals surface area contributed by atoms with Crippen molar-refractivity contribution < 1.29 is 0 Å². The van der Waals surface area contributed by atoms with Crippen molar-refractivity contribution in [3.8, 4) is 0 Å². The average Bonchev–Trinajstić information content (AvgIpc) is 2.49. The summed E-state index contributed by atoms with van der Waals surface area (Å²) in [6, 6.07) is 17.5. The lowest BCUT2D eigenvalue weighted by Gasteiger charge is -2.15. The van der Waals surface area contributed by atoms with E-state index in [-0.39, 0.29) is 11.5 Å². The summed E-state index contributed by atoms with van der Waals surface area (Å²) in [6.07, 6.45) is 3.53. The number of benzene rings is 2. The number of fused-ring (bicyclic) bond motifs is 1. The molecule has 3 aromatic rings. The molecule has 0 spiro atoms. The molecule has 0 aliphatic rings. The zero-order valence-corrected chi connectivity index (χ0v) is 11.1. The van der Waals surface area contributed by atoms with E-state index in [1.165, 1.54) is 10.8 Å². The van der Waals surface area contributed by atoms with Crippen molar-refractivity contribution in [2.45, 2.75) is 12.6 Å². The van der Waals surface area contributed by atoms with Gasteiger partial charge in [0, 0.05) is 37.1 Å². The summed E-state index contributed by atoms with van der Waals surface area (Å²) in [5.74, 6) is 0. The number of nitrogens with zero attached hydrogens (tertiary/aromatic N) is 1. The van der Waals surface area contributed by atoms with Crippen LogP contribution in [0.15, 0.2) is 71.8 Å². The molecule has 2 N–H and O–H groups in total. The van der Waals surface area contributed by atoms with Crippen LogP contribution < -0.4 is 11.2 Å². The Balaban J connectivity index is 1.86. The molecule has 0 saturated carbocycles. The zero-order valence-electron chi connectivity index (χ0n) is 11.1. The van der Waals surface area contributed by atoms with Gasteiger partial charge in [-0.1, -0.05) is 36.4 Å². The fraction of sp³-hybridized carbons (Fsp3) is 0.118. The summed E-state index contributed by atoms with van der Waals surface area (Å²) in [6.45, 7) is 0.651. The summed E-state index contributed by atoms with van der Waals surface area (Å²) in [5, 5.41) is 2.41. The molecular weight excluding hydrogens is 248 g/mol. The third-order valence-electron chi connectivity index (χ3n) is 3.47. The van der Waals surface area contributed by atoms with E-state index in [0.717, 1.165) is 5.56 Å². The van der Waals surface area contributed by atoms with Gasteiger partial charge in [-0.25, -0.2) is 0 Å². The lowest BCUT2D eigenvalue weighted by Crippen LogP contribution is -2.18. The van der Waals surface area contributed by atoms with Gasteiger partial charge in [-0.2, -0.15) is 0 Å². The number of aromatic nitrogens is 1. The van der Waals surface area contributed by atoms with Crippen LogP contribution in [0.25, 0.3) is 10.8 Å². The second-order valence-corrected chi connectivity index (χ2v) is 4.94. The number of nitrogens with two attached hydrogens (primary N) is 1. The minimum atomic E-state index is -0.0953. The fourth-order valence-corrected chi connectivity index (χ4v) is 2.34. The normalized spacial score (nSPS) is 12.4. The first-order valence-corrected chi connectivity index (χ1v) is 6.63. The van der Waals surface area contributed by atoms with Crippen LogP contribution in [-0.4, -0.2) is 4.57 Å². The minimum absolute atomic E-state index is 0.0144. The molecule has 3 nitrogen and oxygen atoms in total. The van der Waals surface area contributed by atoms with Crippen LogP contribution in [0.5, 0.6) is 0 Å². The lowest BCUT2D eigenvalue weighted by atomic mass is 10.0. The number of hydrogen-bond donors (Lipinski definition) is 1. The molecular formula is C17H16N2O. The highest BCUT2D eigenvalue weighted by atomic mass is 16.1. The van der Waals surface area contributed by atoms with Crippen molar-refractivity contribution in [3.05, 3.63) is 82.8 Å². The summed E-state index contributed by atoms with van der Waals surface area (Å²) in [4.78, 5) is 11.1. The van der Waals surface area contributed by atoms with Crippen LogP contribution in [0.2, 0.25) is 0 Å². The Hall–Kier alpha value is -2.39. The van der Waals surface area contributed by atoms with Crippen molar-refractivity contribution in [1.29, 1.82) is 0 Å². The highest BCUT2D eigenvalue weighted by Crippen LogP contribution is 2.20. The van der Waals surface area contributed by atoms with Crippen LogP contribution >= 0.6 is 0 Å². The van der Waals surface area contributed by atoms with Crippen LogP contribution in [0.3, 0.4) is 0 Å². The van der Waals surface area contributed by atoms with Crippen molar-refractivity contribution in [2.75, 3.05) is 0 Å². The zero-order chi connectivity index (χ0) is 13.9. The molecule has 100 valence electrons. The summed E-state index contributed by atoms with van der Waals surface area (Å²) < 4.78 is 1.93. The maximum Gasteiger partial charge on any atom is 0.181 e. The summed E-state index contributed by atoms with van der Waals surface area (Å²) in [7, 11) is 0. The smallest absolute Gasteiger partial charge is 0.181 e. The predicted molar refractivity (Wildman–Crippen MR) is 81.6 cm³/mol. The van der Waals surface area contributed by atoms with E-state index in [4.69, 9.17) is 5.73 Å². The van der Waals surface area contributed by atoms with E-state index in [9.17, 15) is 4.79 Å². The Kier molecular flexibility index (Phi) is 3.35. The number of hydrogen-bond acceptors (Lipinski definition) is 2. The van der Waals surface area contributed by atoms with Gasteiger partial charge in [-0.05, 0) is 22.4 Å². The van der Waals surface area contributed by atoms with Gasteiger partial charge >= 0.3 is 0 Å². The highest BCUT2D eigenvalue weighted by molar-refractivity contribution is 5.83. The van der Waals surface area contributed by atoms with E-state index < -0.39 is 0 Å². The predicted octanol–water partition coefficient (Wildman–Crippen LogP) is 2.70. The van der Waals surface area contributed by atoms with Crippen LogP contribution in [-0.2, 0) is 6.54 Å². The van der Waals surface area contributed by atoms with Crippen LogP contribution in [0.4, 0.5) is 0 Å². The topological polar surface area (TPSA) is 48.0 Å². The second-order valence-electron chi connectivity index (χ2n) is 4.94. The lowest BCUT2D eigenvalue weighted by molar-refractivity contribution is 0.574. The molecule has 0 saturated heterocycles. The second kappa shape index (κ2) is 5.31. The quantitative estimate of drug-likeness (QED) is 0.790. The summed E-state index contributed by atoms with van der Waals surface area (Å²) >= 11 is 0. The molecule has 3 heteroatoms. The van der Waals surface area contributed by atoms with Gasteiger partial charge < -0.3 is 10.3 Å². The minimum Gasteiger partial charge on any atom is -0.352 e. The third kappa shape index (κ3) is 2.63. The molecule has 0 bridgehead atoms. The standard InChI is InChI=1S/C17H16N2O/c18-17(12-19-9-7-16(20)8-10-19)15-6-5-13-3-1-2-4-14(13)11-15/h1-11,17H,12,18H2. The summed E-state index contributed by atoms with van der Waals surface area (Å²) in [5.41, 5.74) is 7.37. The average molecular weight is 264 g/mol. The third-order valence-corrected chi connectivity index (χ3v) is 3.47. The Morgan fingerprint density at radius 1 is 0.950 bits per heavy atom. The molecule has 0 aliphatic heterocycles. The van der Waals surface area contributed by atoms with Crippen molar-refractivity contribution >= 4 is 10.8 Å². The number of pyridine rings is 1. The molecule has 1 atom stereocenters. The first kappa shape index (κ1) is 12.6. The molecule has 3 rings (SSSR count). The molecule has 0 amide bonds. The Morgan fingerprint density at radius 2 is 1.65 bits per heavy atom. The molecule has 20 heavy (non-hydrogen) atoms. The Bertz CT molecular complexity index is 772. The van der Waals surface area contributed by atoms with E-state index in [1.54, 1.807) is 24.5 Å². The van der Waals surface area contributed by atoms with E-state index in [2.05, 4.69) is 30.3 Å². The van der Waals surface area contributed by atoms with Gasteiger partial charge in [0.15, 0.2) is 5.43 Å². The molecule has 1 heterocycles. The molecule has 0 radical (unpaired) electrons. The van der Waals surface area contributed by atoms with Gasteiger partial charge in [-0.3, -0.25) is 4.79 Å². The Morgan fingerprint density at radius 3 is 2.40 bits per heavy atom. The molecule has 0 fully saturated rings. The number of rotatable bonds is 3. The van der Waals surface area contributed by atoms with E-state index in [1.807, 2.05) is 16.7 Å². The first-order valence-electron chi connectivity index (χ1n) is 6.63. The first-order chi connectivity index (χ1) is 9.72. The highest BCUT2D eigenvalue weighted by Gasteiger charge is 2.07. The largest absolute Gasteiger partial charge is 0.352 e.